The third-order valence-corrected chi connectivity index (χ3v) is 1.23. The van der Waals surface area contributed by atoms with Crippen molar-refractivity contribution >= 4 is 11.9 Å². The zero-order valence-electron chi connectivity index (χ0n) is 8.20. The van der Waals surface area contributed by atoms with Crippen LogP contribution in [0.1, 0.15) is 33.6 Å². The van der Waals surface area contributed by atoms with Crippen LogP contribution in [0.2, 0.25) is 0 Å². The van der Waals surface area contributed by atoms with Gasteiger partial charge in [0.05, 0.1) is 0 Å². The zero-order chi connectivity index (χ0) is 10.9. The van der Waals surface area contributed by atoms with Crippen LogP contribution < -0.4 is 0 Å². The lowest BCUT2D eigenvalue weighted by Gasteiger charge is -1.84. The van der Waals surface area contributed by atoms with Gasteiger partial charge < -0.3 is 10.2 Å². The molecule has 0 unspecified atom stereocenters. The molecule has 0 saturated heterocycles. The van der Waals surface area contributed by atoms with E-state index in [1.165, 1.54) is 0 Å². The van der Waals surface area contributed by atoms with Crippen LogP contribution in [-0.4, -0.2) is 22.2 Å². The second-order valence-corrected chi connectivity index (χ2v) is 2.42. The van der Waals surface area contributed by atoms with E-state index in [2.05, 4.69) is 0 Å². The van der Waals surface area contributed by atoms with Crippen LogP contribution in [0, 0.1) is 0 Å². The Morgan fingerprint density at radius 1 is 1.31 bits per heavy atom. The van der Waals surface area contributed by atoms with Crippen LogP contribution in [-0.2, 0) is 9.59 Å². The molecular formula is C9H16O4. The summed E-state index contributed by atoms with van der Waals surface area (Å²) in [6.07, 6.45) is 2.58. The number of aliphatic carboxylic acids is 2. The second kappa shape index (κ2) is 8.77. The summed E-state index contributed by atoms with van der Waals surface area (Å²) in [6, 6.07) is 0. The highest BCUT2D eigenvalue weighted by molar-refractivity contribution is 5.85. The van der Waals surface area contributed by atoms with E-state index >= 15 is 0 Å². The second-order valence-electron chi connectivity index (χ2n) is 2.42. The Balaban J connectivity index is 0. The molecule has 0 bridgehead atoms. The number of carboxylic acid groups (broad SMARTS) is 2. The predicted molar refractivity (Wildman–Crippen MR) is 49.6 cm³/mol. The zero-order valence-corrected chi connectivity index (χ0v) is 8.20. The van der Waals surface area contributed by atoms with Gasteiger partial charge in [-0.3, -0.25) is 4.79 Å². The normalized spacial score (nSPS) is 9.92. The molecule has 0 aromatic carbocycles. The van der Waals surface area contributed by atoms with Gasteiger partial charge in [-0.05, 0) is 20.3 Å². The average molecular weight is 188 g/mol. The summed E-state index contributed by atoms with van der Waals surface area (Å²) in [5.74, 6) is -1.56. The Kier molecular flexibility index (Phi) is 9.60. The molecule has 4 nitrogen and oxygen atoms in total. The van der Waals surface area contributed by atoms with Crippen LogP contribution >= 0.6 is 0 Å². The highest BCUT2D eigenvalue weighted by Gasteiger charge is 1.93. The van der Waals surface area contributed by atoms with E-state index in [-0.39, 0.29) is 0 Å². The minimum absolute atomic E-state index is 0.292. The largest absolute Gasteiger partial charge is 0.481 e. The molecule has 0 atom stereocenters. The fourth-order valence-corrected chi connectivity index (χ4v) is 0.337. The van der Waals surface area contributed by atoms with Crippen molar-refractivity contribution in [3.05, 3.63) is 11.6 Å². The fourth-order valence-electron chi connectivity index (χ4n) is 0.337. The maximum atomic E-state index is 9.86. The minimum atomic E-state index is -0.845. The van der Waals surface area contributed by atoms with Crippen LogP contribution in [0.3, 0.4) is 0 Å². The summed E-state index contributed by atoms with van der Waals surface area (Å²) in [5.41, 5.74) is 0.389. The number of hydrogen-bond donors (Lipinski definition) is 2. The van der Waals surface area contributed by atoms with Gasteiger partial charge in [-0.1, -0.05) is 13.0 Å². The van der Waals surface area contributed by atoms with Crippen molar-refractivity contribution < 1.29 is 19.8 Å². The summed E-state index contributed by atoms with van der Waals surface area (Å²) in [5, 5.41) is 16.0. The predicted octanol–water partition coefficient (Wildman–Crippen LogP) is 1.91. The summed E-state index contributed by atoms with van der Waals surface area (Å²) in [4.78, 5) is 19.5. The standard InChI is InChI=1S/C5H8O2.C4H8O2/c1-3-4(2)5(6)7;1-2-3-4(5)6/h3H,1-2H3,(H,6,7);2-3H2,1H3,(H,5,6). The van der Waals surface area contributed by atoms with Crippen molar-refractivity contribution in [3.8, 4) is 0 Å². The summed E-state index contributed by atoms with van der Waals surface area (Å²) >= 11 is 0. The summed E-state index contributed by atoms with van der Waals surface area (Å²) < 4.78 is 0. The van der Waals surface area contributed by atoms with E-state index in [4.69, 9.17) is 10.2 Å². The molecule has 0 rings (SSSR count). The first-order chi connectivity index (χ1) is 5.95. The first-order valence-electron chi connectivity index (χ1n) is 4.03. The van der Waals surface area contributed by atoms with E-state index < -0.39 is 11.9 Å². The monoisotopic (exact) mass is 188 g/mol. The van der Waals surface area contributed by atoms with Gasteiger partial charge in [0.2, 0.25) is 0 Å². The van der Waals surface area contributed by atoms with Gasteiger partial charge in [0.25, 0.3) is 0 Å². The van der Waals surface area contributed by atoms with Crippen molar-refractivity contribution in [2.75, 3.05) is 0 Å². The van der Waals surface area contributed by atoms with E-state index in [9.17, 15) is 9.59 Å². The molecule has 0 aromatic rings. The fraction of sp³-hybridized carbons (Fsp3) is 0.556. The number of rotatable bonds is 3. The van der Waals surface area contributed by atoms with Crippen LogP contribution in [0.5, 0.6) is 0 Å². The third kappa shape index (κ3) is 13.6. The molecule has 2 N–H and O–H groups in total. The third-order valence-electron chi connectivity index (χ3n) is 1.23. The smallest absolute Gasteiger partial charge is 0.330 e. The van der Waals surface area contributed by atoms with Gasteiger partial charge >= 0.3 is 11.9 Å². The summed E-state index contributed by atoms with van der Waals surface area (Å²) in [7, 11) is 0. The molecule has 0 fully saturated rings. The van der Waals surface area contributed by atoms with Gasteiger partial charge in [0, 0.05) is 12.0 Å². The molecule has 0 spiro atoms. The van der Waals surface area contributed by atoms with Gasteiger partial charge in [-0.15, -0.1) is 0 Å². The average Bonchev–Trinajstić information content (AvgIpc) is 2.03. The quantitative estimate of drug-likeness (QED) is 0.663. The van der Waals surface area contributed by atoms with Crippen molar-refractivity contribution in [3.63, 3.8) is 0 Å². The molecule has 13 heavy (non-hydrogen) atoms. The Hall–Kier alpha value is -1.32. The molecule has 0 aliphatic carbocycles. The first-order valence-corrected chi connectivity index (χ1v) is 4.03. The van der Waals surface area contributed by atoms with Crippen LogP contribution in [0.15, 0.2) is 11.6 Å². The molecular weight excluding hydrogens is 172 g/mol. The minimum Gasteiger partial charge on any atom is -0.481 e. The molecule has 0 aromatic heterocycles. The SMILES string of the molecule is CC=C(C)C(=O)O.CCCC(=O)O. The van der Waals surface area contributed by atoms with Crippen LogP contribution in [0.25, 0.3) is 0 Å². The highest BCUT2D eigenvalue weighted by atomic mass is 16.4. The van der Waals surface area contributed by atoms with Gasteiger partial charge in [0.1, 0.15) is 0 Å². The van der Waals surface area contributed by atoms with Crippen molar-refractivity contribution in [1.29, 1.82) is 0 Å². The molecule has 4 heteroatoms. The molecule has 0 aliphatic heterocycles. The number of allylic oxidation sites excluding steroid dienone is 1. The van der Waals surface area contributed by atoms with Crippen molar-refractivity contribution in [2.45, 2.75) is 33.6 Å². The number of carbonyl (C=O) groups is 2. The number of hydrogen-bond acceptors (Lipinski definition) is 2. The Morgan fingerprint density at radius 2 is 1.77 bits per heavy atom. The first kappa shape index (κ1) is 14.2. The van der Waals surface area contributed by atoms with Gasteiger partial charge in [0.15, 0.2) is 0 Å². The maximum Gasteiger partial charge on any atom is 0.330 e. The molecule has 0 aliphatic rings. The maximum absolute atomic E-state index is 9.86. The Labute approximate surface area is 77.9 Å². The van der Waals surface area contributed by atoms with E-state index in [0.29, 0.717) is 12.0 Å². The van der Waals surface area contributed by atoms with Gasteiger partial charge in [-0.2, -0.15) is 0 Å². The molecule has 76 valence electrons. The van der Waals surface area contributed by atoms with Crippen molar-refractivity contribution in [2.24, 2.45) is 0 Å². The lowest BCUT2D eigenvalue weighted by molar-refractivity contribution is -0.137. The van der Waals surface area contributed by atoms with E-state index in [1.807, 2.05) is 6.92 Å². The van der Waals surface area contributed by atoms with E-state index in [1.54, 1.807) is 19.9 Å². The van der Waals surface area contributed by atoms with E-state index in [0.717, 1.165) is 6.42 Å². The molecule has 0 amide bonds. The molecule has 0 heterocycles. The Bertz CT molecular complexity index is 194. The summed E-state index contributed by atoms with van der Waals surface area (Å²) in [6.45, 7) is 5.10. The highest BCUT2D eigenvalue weighted by Crippen LogP contribution is 1.87. The lowest BCUT2D eigenvalue weighted by Crippen LogP contribution is -1.93. The lowest BCUT2D eigenvalue weighted by atomic mass is 10.3. The van der Waals surface area contributed by atoms with Crippen molar-refractivity contribution in [1.82, 2.24) is 0 Å². The molecule has 0 radical (unpaired) electrons. The van der Waals surface area contributed by atoms with Gasteiger partial charge in [-0.25, -0.2) is 4.79 Å². The number of carboxylic acids is 2. The topological polar surface area (TPSA) is 74.6 Å². The Morgan fingerprint density at radius 3 is 1.77 bits per heavy atom. The molecule has 0 saturated carbocycles. The van der Waals surface area contributed by atoms with Crippen LogP contribution in [0.4, 0.5) is 0 Å².